The van der Waals surface area contributed by atoms with Gasteiger partial charge in [-0.1, -0.05) is 11.6 Å². The predicted octanol–water partition coefficient (Wildman–Crippen LogP) is 4.41. The topological polar surface area (TPSA) is 14.2 Å². The molecule has 0 fully saturated rings. The van der Waals surface area contributed by atoms with Crippen LogP contribution in [0.3, 0.4) is 0 Å². The molecule has 0 bridgehead atoms. The molecule has 0 aliphatic carbocycles. The van der Waals surface area contributed by atoms with Crippen LogP contribution in [0.2, 0.25) is 5.02 Å². The Morgan fingerprint density at radius 3 is 2.76 bits per heavy atom. The van der Waals surface area contributed by atoms with Crippen molar-refractivity contribution >= 4 is 22.5 Å². The zero-order valence-electron chi connectivity index (χ0n) is 10.5. The molecule has 17 heavy (non-hydrogen) atoms. The second-order valence-corrected chi connectivity index (χ2v) is 4.89. The lowest BCUT2D eigenvalue weighted by Gasteiger charge is -2.08. The lowest BCUT2D eigenvalue weighted by atomic mass is 10.2. The number of hydrogen-bond acceptors (Lipinski definition) is 1. The van der Waals surface area contributed by atoms with Crippen molar-refractivity contribution < 1.29 is 4.74 Å². The summed E-state index contributed by atoms with van der Waals surface area (Å²) in [6.07, 6.45) is 2.17. The molecule has 1 heterocycles. The molecule has 0 aliphatic rings. The third kappa shape index (κ3) is 2.48. The smallest absolute Gasteiger partial charge is 0.0737 e. The SMILES string of the molecule is CCOCc1cn(C(C)C)c2ccc(Cl)cc12. The summed E-state index contributed by atoms with van der Waals surface area (Å²) in [7, 11) is 0. The van der Waals surface area contributed by atoms with E-state index in [1.807, 2.05) is 19.1 Å². The first-order chi connectivity index (χ1) is 8.13. The van der Waals surface area contributed by atoms with Crippen LogP contribution in [0.1, 0.15) is 32.4 Å². The van der Waals surface area contributed by atoms with E-state index in [4.69, 9.17) is 16.3 Å². The second kappa shape index (κ2) is 5.11. The van der Waals surface area contributed by atoms with Gasteiger partial charge in [0.1, 0.15) is 0 Å². The molecule has 0 atom stereocenters. The predicted molar refractivity (Wildman–Crippen MR) is 72.7 cm³/mol. The number of hydrogen-bond donors (Lipinski definition) is 0. The average Bonchev–Trinajstić information content (AvgIpc) is 2.64. The standard InChI is InChI=1S/C14H18ClNO/c1-4-17-9-11-8-16(10(2)3)14-6-5-12(15)7-13(11)14/h5-8,10H,4,9H2,1-3H3. The van der Waals surface area contributed by atoms with Crippen LogP contribution in [-0.2, 0) is 11.3 Å². The van der Waals surface area contributed by atoms with E-state index in [1.54, 1.807) is 0 Å². The molecule has 0 N–H and O–H groups in total. The van der Waals surface area contributed by atoms with Crippen LogP contribution in [0.5, 0.6) is 0 Å². The molecule has 2 aromatic rings. The van der Waals surface area contributed by atoms with Crippen molar-refractivity contribution in [3.05, 3.63) is 35.0 Å². The minimum absolute atomic E-state index is 0.439. The fourth-order valence-electron chi connectivity index (χ4n) is 2.05. The van der Waals surface area contributed by atoms with Crippen molar-refractivity contribution in [2.24, 2.45) is 0 Å². The Hall–Kier alpha value is -0.990. The van der Waals surface area contributed by atoms with E-state index >= 15 is 0 Å². The molecule has 0 radical (unpaired) electrons. The van der Waals surface area contributed by atoms with Gasteiger partial charge in [-0.15, -0.1) is 0 Å². The average molecular weight is 252 g/mol. The molecule has 1 aromatic carbocycles. The summed E-state index contributed by atoms with van der Waals surface area (Å²) in [6.45, 7) is 7.74. The molecule has 1 aromatic heterocycles. The van der Waals surface area contributed by atoms with Gasteiger partial charge in [0.05, 0.1) is 6.61 Å². The molecule has 0 aliphatic heterocycles. The third-order valence-corrected chi connectivity index (χ3v) is 3.13. The van der Waals surface area contributed by atoms with Crippen LogP contribution in [0.15, 0.2) is 24.4 Å². The Morgan fingerprint density at radius 2 is 2.12 bits per heavy atom. The van der Waals surface area contributed by atoms with E-state index < -0.39 is 0 Å². The maximum absolute atomic E-state index is 6.06. The molecule has 0 saturated heterocycles. The summed E-state index contributed by atoms with van der Waals surface area (Å²) in [5.74, 6) is 0. The van der Waals surface area contributed by atoms with E-state index in [2.05, 4.69) is 30.7 Å². The van der Waals surface area contributed by atoms with E-state index in [-0.39, 0.29) is 0 Å². The Balaban J connectivity index is 2.54. The molecule has 2 rings (SSSR count). The molecule has 92 valence electrons. The Kier molecular flexibility index (Phi) is 3.75. The van der Waals surface area contributed by atoms with E-state index in [0.29, 0.717) is 12.6 Å². The van der Waals surface area contributed by atoms with Crippen LogP contribution in [-0.4, -0.2) is 11.2 Å². The summed E-state index contributed by atoms with van der Waals surface area (Å²) in [5.41, 5.74) is 2.43. The summed E-state index contributed by atoms with van der Waals surface area (Å²) >= 11 is 6.06. The fraction of sp³-hybridized carbons (Fsp3) is 0.429. The minimum atomic E-state index is 0.439. The first kappa shape index (κ1) is 12.5. The summed E-state index contributed by atoms with van der Waals surface area (Å²) in [6, 6.07) is 6.47. The minimum Gasteiger partial charge on any atom is -0.377 e. The molecular formula is C14H18ClNO. The molecule has 0 unspecified atom stereocenters. The van der Waals surface area contributed by atoms with E-state index in [1.165, 1.54) is 16.5 Å². The van der Waals surface area contributed by atoms with E-state index in [0.717, 1.165) is 11.6 Å². The van der Waals surface area contributed by atoms with Gasteiger partial charge in [0.15, 0.2) is 0 Å². The summed E-state index contributed by atoms with van der Waals surface area (Å²) in [4.78, 5) is 0. The van der Waals surface area contributed by atoms with Crippen molar-refractivity contribution in [3.63, 3.8) is 0 Å². The lowest BCUT2D eigenvalue weighted by molar-refractivity contribution is 0.135. The summed E-state index contributed by atoms with van der Waals surface area (Å²) in [5, 5.41) is 1.97. The number of benzene rings is 1. The Morgan fingerprint density at radius 1 is 1.35 bits per heavy atom. The third-order valence-electron chi connectivity index (χ3n) is 2.90. The number of rotatable bonds is 4. The summed E-state index contributed by atoms with van der Waals surface area (Å²) < 4.78 is 7.77. The quantitative estimate of drug-likeness (QED) is 0.785. The maximum atomic E-state index is 6.06. The molecule has 0 amide bonds. The number of fused-ring (bicyclic) bond motifs is 1. The van der Waals surface area contributed by atoms with Crippen LogP contribution in [0.25, 0.3) is 10.9 Å². The molecule has 0 saturated carbocycles. The lowest BCUT2D eigenvalue weighted by Crippen LogP contribution is -1.98. The van der Waals surface area contributed by atoms with Gasteiger partial charge in [-0.25, -0.2) is 0 Å². The van der Waals surface area contributed by atoms with Gasteiger partial charge in [0, 0.05) is 40.3 Å². The van der Waals surface area contributed by atoms with Crippen LogP contribution >= 0.6 is 11.6 Å². The number of aromatic nitrogens is 1. The Bertz CT molecular complexity index is 516. The van der Waals surface area contributed by atoms with Crippen LogP contribution in [0, 0.1) is 0 Å². The number of nitrogens with zero attached hydrogens (tertiary/aromatic N) is 1. The van der Waals surface area contributed by atoms with Gasteiger partial charge in [0.25, 0.3) is 0 Å². The van der Waals surface area contributed by atoms with Crippen molar-refractivity contribution in [3.8, 4) is 0 Å². The monoisotopic (exact) mass is 251 g/mol. The van der Waals surface area contributed by atoms with Gasteiger partial charge in [0.2, 0.25) is 0 Å². The Labute approximate surface area is 107 Å². The highest BCUT2D eigenvalue weighted by molar-refractivity contribution is 6.31. The van der Waals surface area contributed by atoms with Gasteiger partial charge >= 0.3 is 0 Å². The number of halogens is 1. The van der Waals surface area contributed by atoms with Gasteiger partial charge in [-0.05, 0) is 39.0 Å². The van der Waals surface area contributed by atoms with Gasteiger partial charge in [-0.2, -0.15) is 0 Å². The van der Waals surface area contributed by atoms with Crippen LogP contribution < -0.4 is 0 Å². The number of ether oxygens (including phenoxy) is 1. The fourth-order valence-corrected chi connectivity index (χ4v) is 2.22. The normalized spacial score (nSPS) is 11.6. The first-order valence-corrected chi connectivity index (χ1v) is 6.38. The van der Waals surface area contributed by atoms with Gasteiger partial charge in [-0.3, -0.25) is 0 Å². The molecular weight excluding hydrogens is 234 g/mol. The maximum Gasteiger partial charge on any atom is 0.0737 e. The zero-order chi connectivity index (χ0) is 12.4. The molecule has 2 nitrogen and oxygen atoms in total. The molecule has 0 spiro atoms. The highest BCUT2D eigenvalue weighted by Crippen LogP contribution is 2.27. The highest BCUT2D eigenvalue weighted by Gasteiger charge is 2.10. The highest BCUT2D eigenvalue weighted by atomic mass is 35.5. The van der Waals surface area contributed by atoms with Crippen molar-refractivity contribution in [2.75, 3.05) is 6.61 Å². The van der Waals surface area contributed by atoms with Crippen LogP contribution in [0.4, 0.5) is 0 Å². The second-order valence-electron chi connectivity index (χ2n) is 4.45. The van der Waals surface area contributed by atoms with Crippen molar-refractivity contribution in [1.82, 2.24) is 4.57 Å². The molecule has 3 heteroatoms. The van der Waals surface area contributed by atoms with E-state index in [9.17, 15) is 0 Å². The first-order valence-electron chi connectivity index (χ1n) is 6.00. The van der Waals surface area contributed by atoms with Gasteiger partial charge < -0.3 is 9.30 Å². The zero-order valence-corrected chi connectivity index (χ0v) is 11.3. The van der Waals surface area contributed by atoms with Crippen molar-refractivity contribution in [1.29, 1.82) is 0 Å². The largest absolute Gasteiger partial charge is 0.377 e. The van der Waals surface area contributed by atoms with Crippen molar-refractivity contribution in [2.45, 2.75) is 33.4 Å².